The Bertz CT molecular complexity index is 270. The third-order valence-corrected chi connectivity index (χ3v) is 20.6. The minimum atomic E-state index is -2.10. The van der Waals surface area contributed by atoms with E-state index in [4.69, 9.17) is 10.5 Å². The molecule has 144 valence electrons. The van der Waals surface area contributed by atoms with Crippen molar-refractivity contribution in [2.24, 2.45) is 11.7 Å². The second-order valence-corrected chi connectivity index (χ2v) is 22.1. The Morgan fingerprint density at radius 1 is 0.875 bits per heavy atom. The molecule has 1 saturated carbocycles. The van der Waals surface area contributed by atoms with Crippen LogP contribution in [0.1, 0.15) is 91.4 Å². The van der Waals surface area contributed by atoms with E-state index in [1.54, 1.807) is 13.3 Å². The van der Waals surface area contributed by atoms with Crippen LogP contribution in [-0.4, -0.2) is 35.6 Å². The summed E-state index contributed by atoms with van der Waals surface area (Å²) in [5.74, 6) is 0.727. The predicted molar refractivity (Wildman–Crippen MR) is 110 cm³/mol. The van der Waals surface area contributed by atoms with Crippen LogP contribution in [0, 0.1) is 5.92 Å². The van der Waals surface area contributed by atoms with Crippen molar-refractivity contribution in [2.45, 2.75) is 111 Å². The standard InChI is InChI=1S/C9H18NO.3C4H9.Sn/c1-11-7-9(10)8-5-3-2-4-6-8;3*1-3-4-2;/h8-9H,1-7,10H2;3*1,3-4H2,2H3;. The van der Waals surface area contributed by atoms with Gasteiger partial charge in [-0.2, -0.15) is 0 Å². The van der Waals surface area contributed by atoms with Gasteiger partial charge < -0.3 is 0 Å². The molecule has 1 unspecified atom stereocenters. The quantitative estimate of drug-likeness (QED) is 0.318. The van der Waals surface area contributed by atoms with Gasteiger partial charge >= 0.3 is 157 Å². The molecule has 1 fully saturated rings. The molecule has 3 heteroatoms. The first-order valence-electron chi connectivity index (χ1n) is 11.0. The zero-order valence-electron chi connectivity index (χ0n) is 17.0. The number of unbranched alkanes of at least 4 members (excludes halogenated alkanes) is 3. The van der Waals surface area contributed by atoms with Gasteiger partial charge in [-0.15, -0.1) is 0 Å². The van der Waals surface area contributed by atoms with Crippen LogP contribution >= 0.6 is 0 Å². The fourth-order valence-electron chi connectivity index (χ4n) is 4.36. The van der Waals surface area contributed by atoms with E-state index in [0.29, 0.717) is 0 Å². The fraction of sp³-hybridized carbons (Fsp3) is 1.00. The first-order valence-corrected chi connectivity index (χ1v) is 19.1. The van der Waals surface area contributed by atoms with Crippen LogP contribution < -0.4 is 5.73 Å². The monoisotopic (exact) mass is 447 g/mol. The Kier molecular flexibility index (Phi) is 13.1. The van der Waals surface area contributed by atoms with Gasteiger partial charge in [-0.25, -0.2) is 0 Å². The van der Waals surface area contributed by atoms with Gasteiger partial charge in [-0.3, -0.25) is 0 Å². The number of hydrogen-bond donors (Lipinski definition) is 1. The van der Waals surface area contributed by atoms with Crippen molar-refractivity contribution >= 4 is 18.4 Å². The summed E-state index contributed by atoms with van der Waals surface area (Å²) in [6.07, 6.45) is 15.2. The first-order chi connectivity index (χ1) is 11.7. The molecule has 0 amide bonds. The van der Waals surface area contributed by atoms with Gasteiger partial charge in [0.05, 0.1) is 0 Å². The normalized spacial score (nSPS) is 18.0. The van der Waals surface area contributed by atoms with E-state index < -0.39 is 18.4 Å². The van der Waals surface area contributed by atoms with Crippen LogP contribution in [0.4, 0.5) is 0 Å². The van der Waals surface area contributed by atoms with E-state index in [1.165, 1.54) is 70.6 Å². The Morgan fingerprint density at radius 2 is 1.38 bits per heavy atom. The molecule has 1 aliphatic rings. The molecule has 0 aromatic heterocycles. The van der Waals surface area contributed by atoms with Crippen LogP contribution in [0.15, 0.2) is 0 Å². The summed E-state index contributed by atoms with van der Waals surface area (Å²) >= 11 is -2.10. The molecule has 0 saturated heterocycles. The molecule has 0 aromatic rings. The zero-order valence-corrected chi connectivity index (χ0v) is 19.8. The van der Waals surface area contributed by atoms with E-state index in [2.05, 4.69) is 20.8 Å². The topological polar surface area (TPSA) is 35.2 Å². The van der Waals surface area contributed by atoms with Gasteiger partial charge in [0, 0.05) is 0 Å². The Balaban J connectivity index is 2.50. The minimum absolute atomic E-state index is 0.290. The molecule has 2 N–H and O–H groups in total. The maximum absolute atomic E-state index is 6.48. The van der Waals surface area contributed by atoms with Gasteiger partial charge in [0.1, 0.15) is 0 Å². The molecule has 0 bridgehead atoms. The van der Waals surface area contributed by atoms with Gasteiger partial charge in [-0.05, 0) is 0 Å². The Morgan fingerprint density at radius 3 is 1.83 bits per heavy atom. The van der Waals surface area contributed by atoms with Crippen molar-refractivity contribution in [3.05, 3.63) is 0 Å². The Labute approximate surface area is 156 Å². The fourth-order valence-corrected chi connectivity index (χ4v) is 18.8. The number of nitrogens with two attached hydrogens (primary N) is 1. The summed E-state index contributed by atoms with van der Waals surface area (Å²) in [7, 11) is 0. The van der Waals surface area contributed by atoms with Gasteiger partial charge in [0.25, 0.3) is 0 Å². The molecule has 1 rings (SSSR count). The molecule has 0 heterocycles. The maximum atomic E-state index is 6.48. The molecular weight excluding hydrogens is 401 g/mol. The van der Waals surface area contributed by atoms with Gasteiger partial charge in [0.2, 0.25) is 0 Å². The van der Waals surface area contributed by atoms with Crippen LogP contribution in [0.5, 0.6) is 0 Å². The van der Waals surface area contributed by atoms with Crippen molar-refractivity contribution in [2.75, 3.05) is 11.2 Å². The van der Waals surface area contributed by atoms with Crippen molar-refractivity contribution < 1.29 is 4.74 Å². The molecule has 24 heavy (non-hydrogen) atoms. The predicted octanol–water partition coefficient (Wildman–Crippen LogP) is 6.30. The summed E-state index contributed by atoms with van der Waals surface area (Å²) in [5.41, 5.74) is 6.48. The van der Waals surface area contributed by atoms with E-state index in [0.717, 1.165) is 17.1 Å². The van der Waals surface area contributed by atoms with Crippen molar-refractivity contribution in [1.29, 1.82) is 0 Å². The molecule has 0 aliphatic heterocycles. The van der Waals surface area contributed by atoms with Crippen molar-refractivity contribution in [1.82, 2.24) is 0 Å². The second-order valence-electron chi connectivity index (χ2n) is 8.39. The summed E-state index contributed by atoms with van der Waals surface area (Å²) in [4.78, 5) is 0. The van der Waals surface area contributed by atoms with Crippen molar-refractivity contribution in [3.63, 3.8) is 0 Å². The third-order valence-electron chi connectivity index (χ3n) is 6.16. The summed E-state index contributed by atoms with van der Waals surface area (Å²) in [5, 5.41) is 0. The molecule has 0 spiro atoms. The SMILES string of the molecule is CCC[CH2][Sn]([CH2]CCC)([CH2]CCC)[CH2]OCC(N)C1CCCCC1. The summed E-state index contributed by atoms with van der Waals surface area (Å²) < 4.78 is 12.2. The van der Waals surface area contributed by atoms with Gasteiger partial charge in [-0.1, -0.05) is 0 Å². The van der Waals surface area contributed by atoms with Crippen LogP contribution in [0.25, 0.3) is 0 Å². The van der Waals surface area contributed by atoms with E-state index in [9.17, 15) is 0 Å². The first kappa shape index (κ1) is 22.8. The van der Waals surface area contributed by atoms with Gasteiger partial charge in [0.15, 0.2) is 0 Å². The van der Waals surface area contributed by atoms with E-state index in [1.807, 2.05) is 0 Å². The number of ether oxygens (including phenoxy) is 1. The van der Waals surface area contributed by atoms with Crippen LogP contribution in [0.2, 0.25) is 13.3 Å². The Hall–Kier alpha value is 0.719. The zero-order chi connectivity index (χ0) is 17.7. The van der Waals surface area contributed by atoms with Crippen molar-refractivity contribution in [3.8, 4) is 0 Å². The molecule has 1 atom stereocenters. The number of rotatable bonds is 14. The van der Waals surface area contributed by atoms with E-state index >= 15 is 0 Å². The molecule has 1 aliphatic carbocycles. The van der Waals surface area contributed by atoms with E-state index in [-0.39, 0.29) is 6.04 Å². The average molecular weight is 446 g/mol. The molecule has 0 radical (unpaired) electrons. The average Bonchev–Trinajstić information content (AvgIpc) is 2.63. The summed E-state index contributed by atoms with van der Waals surface area (Å²) in [6.45, 7) is 7.86. The molecule has 2 nitrogen and oxygen atoms in total. The molecular formula is C21H45NOSn. The molecule has 0 aromatic carbocycles. The van der Waals surface area contributed by atoms with Crippen LogP contribution in [0.3, 0.4) is 0 Å². The number of hydrogen-bond acceptors (Lipinski definition) is 2. The van der Waals surface area contributed by atoms with Crippen LogP contribution in [-0.2, 0) is 4.74 Å². The second kappa shape index (κ2) is 13.9. The summed E-state index contributed by atoms with van der Waals surface area (Å²) in [6, 6.07) is 0.290. The third kappa shape index (κ3) is 8.89.